The highest BCUT2D eigenvalue weighted by Gasteiger charge is 2.34. The summed E-state index contributed by atoms with van der Waals surface area (Å²) in [6, 6.07) is 5.08. The number of aromatic nitrogens is 4. The number of fused-ring (bicyclic) bond motifs is 1. The molecule has 0 saturated carbocycles. The van der Waals surface area contributed by atoms with E-state index in [1.54, 1.807) is 20.8 Å². The van der Waals surface area contributed by atoms with Gasteiger partial charge in [-0.2, -0.15) is 10.4 Å². The highest BCUT2D eigenvalue weighted by Crippen LogP contribution is 2.23. The molecular formula is C23H27FN8O4. The highest BCUT2D eigenvalue weighted by molar-refractivity contribution is 6.06. The Bertz CT molecular complexity index is 1320. The summed E-state index contributed by atoms with van der Waals surface area (Å²) >= 11 is 0. The van der Waals surface area contributed by atoms with Gasteiger partial charge in [0.25, 0.3) is 5.91 Å². The average Bonchev–Trinajstić information content (AvgIpc) is 3.43. The Morgan fingerprint density at radius 3 is 2.64 bits per heavy atom. The van der Waals surface area contributed by atoms with Gasteiger partial charge in [0.05, 0.1) is 18.1 Å². The van der Waals surface area contributed by atoms with E-state index in [-0.39, 0.29) is 24.0 Å². The lowest BCUT2D eigenvalue weighted by molar-refractivity contribution is -0.125. The monoisotopic (exact) mass is 498 g/mol. The average molecular weight is 499 g/mol. The standard InChI is InChI=1S/C23H27FN8O4/c1-23(2,3)18(21(35)27-12-16-29-30-22(36-16)19(26)33)28-20(34)17-14-8-7-13(24)11-15(14)32(31-17)10-6-4-5-9-25/h7-8,11,18H,4-6,10,12H2,1-3H3,(H2,26,33)(H,27,35)(H,28,34)/t18-/m1/s1. The van der Waals surface area contributed by atoms with Gasteiger partial charge in [0.15, 0.2) is 5.69 Å². The second kappa shape index (κ2) is 10.9. The molecule has 2 heterocycles. The molecular weight excluding hydrogens is 471 g/mol. The maximum atomic E-state index is 13.9. The first kappa shape index (κ1) is 26.3. The highest BCUT2D eigenvalue weighted by atomic mass is 19.1. The van der Waals surface area contributed by atoms with E-state index in [2.05, 4.69) is 32.0 Å². The maximum Gasteiger partial charge on any atom is 0.306 e. The van der Waals surface area contributed by atoms with Gasteiger partial charge >= 0.3 is 11.8 Å². The number of halogens is 1. The molecule has 3 aromatic rings. The van der Waals surface area contributed by atoms with Crippen LogP contribution < -0.4 is 16.4 Å². The van der Waals surface area contributed by atoms with Gasteiger partial charge < -0.3 is 20.8 Å². The van der Waals surface area contributed by atoms with Crippen molar-refractivity contribution in [2.45, 2.75) is 59.2 Å². The minimum absolute atomic E-state index is 0.0284. The predicted octanol–water partition coefficient (Wildman–Crippen LogP) is 1.81. The van der Waals surface area contributed by atoms with Crippen molar-refractivity contribution in [3.63, 3.8) is 0 Å². The molecule has 190 valence electrons. The lowest BCUT2D eigenvalue weighted by Gasteiger charge is -2.30. The quantitative estimate of drug-likeness (QED) is 0.354. The lowest BCUT2D eigenvalue weighted by Crippen LogP contribution is -2.53. The number of carbonyl (C=O) groups excluding carboxylic acids is 3. The number of hydrogen-bond acceptors (Lipinski definition) is 8. The van der Waals surface area contributed by atoms with Crippen LogP contribution in [0.2, 0.25) is 0 Å². The molecule has 0 bridgehead atoms. The van der Waals surface area contributed by atoms with E-state index in [4.69, 9.17) is 15.4 Å². The largest absolute Gasteiger partial charge is 0.415 e. The van der Waals surface area contributed by atoms with Crippen molar-refractivity contribution in [3.05, 3.63) is 41.5 Å². The van der Waals surface area contributed by atoms with Crippen molar-refractivity contribution in [3.8, 4) is 6.07 Å². The molecule has 0 fully saturated rings. The molecule has 3 amide bonds. The van der Waals surface area contributed by atoms with Crippen LogP contribution in [0.15, 0.2) is 22.6 Å². The summed E-state index contributed by atoms with van der Waals surface area (Å²) in [6.45, 7) is 5.54. The van der Waals surface area contributed by atoms with Crippen molar-refractivity contribution < 1.29 is 23.2 Å². The fourth-order valence-electron chi connectivity index (χ4n) is 3.52. The molecule has 12 nitrogen and oxygen atoms in total. The predicted molar refractivity (Wildman–Crippen MR) is 125 cm³/mol. The van der Waals surface area contributed by atoms with Gasteiger partial charge in [0, 0.05) is 18.4 Å². The van der Waals surface area contributed by atoms with Gasteiger partial charge in [-0.1, -0.05) is 20.8 Å². The number of nitrogens with two attached hydrogens (primary N) is 1. The van der Waals surface area contributed by atoms with Gasteiger partial charge in [-0.05, 0) is 36.5 Å². The van der Waals surface area contributed by atoms with Crippen LogP contribution in [0.3, 0.4) is 0 Å². The number of unbranched alkanes of at least 4 members (excludes halogenated alkanes) is 2. The second-order valence-corrected chi connectivity index (χ2v) is 9.20. The zero-order valence-electron chi connectivity index (χ0n) is 20.2. The molecule has 2 aromatic heterocycles. The fraction of sp³-hybridized carbons (Fsp3) is 0.435. The first-order valence-corrected chi connectivity index (χ1v) is 11.2. The zero-order chi connectivity index (χ0) is 26.5. The maximum absolute atomic E-state index is 13.9. The van der Waals surface area contributed by atoms with Gasteiger partial charge in [-0.3, -0.25) is 19.1 Å². The minimum atomic E-state index is -0.986. The number of nitrogens with one attached hydrogen (secondary N) is 2. The van der Waals surface area contributed by atoms with Crippen molar-refractivity contribution in [2.24, 2.45) is 11.1 Å². The Labute approximate surface area is 206 Å². The van der Waals surface area contributed by atoms with Gasteiger partial charge in [0.2, 0.25) is 11.8 Å². The Kier molecular flexibility index (Phi) is 7.98. The molecule has 1 aromatic carbocycles. The van der Waals surface area contributed by atoms with Gasteiger partial charge in [-0.25, -0.2) is 4.39 Å². The van der Waals surface area contributed by atoms with Crippen LogP contribution in [0.5, 0.6) is 0 Å². The first-order valence-electron chi connectivity index (χ1n) is 11.2. The van der Waals surface area contributed by atoms with Crippen LogP contribution in [0, 0.1) is 22.6 Å². The number of carbonyl (C=O) groups is 3. The van der Waals surface area contributed by atoms with Gasteiger partial charge in [-0.15, -0.1) is 10.2 Å². The van der Waals surface area contributed by atoms with E-state index >= 15 is 0 Å². The Morgan fingerprint density at radius 2 is 2.00 bits per heavy atom. The van der Waals surface area contributed by atoms with Crippen LogP contribution in [0.4, 0.5) is 4.39 Å². The summed E-state index contributed by atoms with van der Waals surface area (Å²) < 4.78 is 20.5. The van der Waals surface area contributed by atoms with Gasteiger partial charge in [0.1, 0.15) is 11.9 Å². The number of primary amides is 1. The molecule has 0 spiro atoms. The zero-order valence-corrected chi connectivity index (χ0v) is 20.2. The summed E-state index contributed by atoms with van der Waals surface area (Å²) in [4.78, 5) is 37.3. The number of rotatable bonds is 10. The van der Waals surface area contributed by atoms with E-state index < -0.39 is 35.0 Å². The molecule has 0 radical (unpaired) electrons. The third-order valence-corrected chi connectivity index (χ3v) is 5.33. The minimum Gasteiger partial charge on any atom is -0.415 e. The van der Waals surface area contributed by atoms with Crippen molar-refractivity contribution in [2.75, 3.05) is 0 Å². The summed E-state index contributed by atoms with van der Waals surface area (Å²) in [5.41, 5.74) is 4.87. The van der Waals surface area contributed by atoms with Crippen LogP contribution in [-0.2, 0) is 17.9 Å². The van der Waals surface area contributed by atoms with E-state index in [0.717, 1.165) is 0 Å². The molecule has 0 aliphatic heterocycles. The van der Waals surface area contributed by atoms with E-state index in [9.17, 15) is 18.8 Å². The molecule has 0 aliphatic rings. The number of amides is 3. The van der Waals surface area contributed by atoms with Crippen molar-refractivity contribution in [1.29, 1.82) is 5.26 Å². The molecule has 3 rings (SSSR count). The second-order valence-electron chi connectivity index (χ2n) is 9.20. The summed E-state index contributed by atoms with van der Waals surface area (Å²) in [7, 11) is 0. The smallest absolute Gasteiger partial charge is 0.306 e. The Balaban J connectivity index is 1.79. The molecule has 0 saturated heterocycles. The first-order chi connectivity index (χ1) is 17.0. The van der Waals surface area contributed by atoms with Crippen molar-refractivity contribution in [1.82, 2.24) is 30.6 Å². The van der Waals surface area contributed by atoms with Crippen LogP contribution >= 0.6 is 0 Å². The number of benzene rings is 1. The molecule has 1 atom stereocenters. The Hall–Kier alpha value is -4.34. The van der Waals surface area contributed by atoms with Crippen molar-refractivity contribution >= 4 is 28.6 Å². The Morgan fingerprint density at radius 1 is 1.25 bits per heavy atom. The third-order valence-electron chi connectivity index (χ3n) is 5.33. The molecule has 0 unspecified atom stereocenters. The summed E-state index contributed by atoms with van der Waals surface area (Å²) in [5.74, 6) is -2.91. The number of aryl methyl sites for hydroxylation is 1. The van der Waals surface area contributed by atoms with Crippen LogP contribution in [0.25, 0.3) is 10.9 Å². The fourth-order valence-corrected chi connectivity index (χ4v) is 3.52. The molecule has 13 heteroatoms. The normalized spacial score (nSPS) is 12.2. The molecule has 0 aliphatic carbocycles. The topological polar surface area (TPSA) is 182 Å². The molecule has 4 N–H and O–H groups in total. The van der Waals surface area contributed by atoms with E-state index in [1.165, 1.54) is 22.9 Å². The van der Waals surface area contributed by atoms with Crippen LogP contribution in [0.1, 0.15) is 67.1 Å². The number of nitrogens with zero attached hydrogens (tertiary/aromatic N) is 5. The molecule has 36 heavy (non-hydrogen) atoms. The number of nitriles is 1. The summed E-state index contributed by atoms with van der Waals surface area (Å²) in [6.07, 6.45) is 1.65. The summed E-state index contributed by atoms with van der Waals surface area (Å²) in [5, 5.41) is 26.0. The number of hydrogen-bond donors (Lipinski definition) is 3. The third kappa shape index (κ3) is 6.21. The van der Waals surface area contributed by atoms with E-state index in [1.807, 2.05) is 0 Å². The SMILES string of the molecule is CC(C)(C)[C@H](NC(=O)c1nn(CCCCC#N)c2cc(F)ccc12)C(=O)NCc1nnc(C(N)=O)o1. The van der Waals surface area contributed by atoms with E-state index in [0.29, 0.717) is 36.7 Å². The van der Waals surface area contributed by atoms with Crippen LogP contribution in [-0.4, -0.2) is 43.7 Å². The lowest BCUT2D eigenvalue weighted by atomic mass is 9.86.